The monoisotopic (exact) mass is 437 g/mol. The van der Waals surface area contributed by atoms with Gasteiger partial charge in [0.15, 0.2) is 0 Å². The minimum atomic E-state index is -0.0835. The molecule has 1 N–H and O–H groups in total. The number of piperazine rings is 1. The topological polar surface area (TPSA) is 62.6 Å². The van der Waals surface area contributed by atoms with E-state index in [2.05, 4.69) is 21.2 Å². The van der Waals surface area contributed by atoms with Crippen LogP contribution in [0.1, 0.15) is 30.4 Å². The van der Waals surface area contributed by atoms with Crippen LogP contribution in [0.5, 0.6) is 0 Å². The van der Waals surface area contributed by atoms with Crippen molar-refractivity contribution in [2.24, 2.45) is 0 Å². The number of nitrogens with zero attached hydrogens (tertiary/aromatic N) is 4. The van der Waals surface area contributed by atoms with E-state index in [-0.39, 0.29) is 6.03 Å². The minimum absolute atomic E-state index is 0.0835. The second kappa shape index (κ2) is 10.0. The van der Waals surface area contributed by atoms with Crippen LogP contribution >= 0.6 is 11.6 Å². The van der Waals surface area contributed by atoms with Crippen LogP contribution in [-0.4, -0.2) is 55.1 Å². The number of carbonyl (C=O) groups excluding carboxylic acids is 1. The third-order valence-corrected chi connectivity index (χ3v) is 6.35. The molecule has 0 unspecified atom stereocenters. The van der Waals surface area contributed by atoms with E-state index < -0.39 is 0 Å². The van der Waals surface area contributed by atoms with Gasteiger partial charge in [-0.15, -0.1) is 0 Å². The standard InChI is InChI=1S/C24H28ClN5O/c25-22-16-21(8-9-23(22)29-10-2-1-3-11-29)27-24(31)30-14-12-28(13-15-30)18-20-6-4-19(17-26)5-7-20/h4-9,16H,1-3,10-15,18H2,(H,27,31). The van der Waals surface area contributed by atoms with Crippen LogP contribution in [0.25, 0.3) is 0 Å². The molecule has 2 aromatic rings. The fraction of sp³-hybridized carbons (Fsp3) is 0.417. The number of anilines is 2. The van der Waals surface area contributed by atoms with Gasteiger partial charge < -0.3 is 15.1 Å². The molecule has 2 heterocycles. The molecule has 162 valence electrons. The lowest BCUT2D eigenvalue weighted by Gasteiger charge is -2.34. The van der Waals surface area contributed by atoms with Crippen molar-refractivity contribution in [3.8, 4) is 6.07 Å². The maximum atomic E-state index is 12.7. The predicted molar refractivity (Wildman–Crippen MR) is 125 cm³/mol. The van der Waals surface area contributed by atoms with E-state index in [0.717, 1.165) is 44.1 Å². The first-order valence-corrected chi connectivity index (χ1v) is 11.3. The molecule has 0 atom stereocenters. The Bertz CT molecular complexity index is 941. The average molecular weight is 438 g/mol. The summed E-state index contributed by atoms with van der Waals surface area (Å²) in [6.07, 6.45) is 3.68. The third kappa shape index (κ3) is 5.49. The smallest absolute Gasteiger partial charge is 0.321 e. The van der Waals surface area contributed by atoms with Gasteiger partial charge in [0.25, 0.3) is 0 Å². The van der Waals surface area contributed by atoms with E-state index in [0.29, 0.717) is 23.7 Å². The van der Waals surface area contributed by atoms with Crippen LogP contribution < -0.4 is 10.2 Å². The molecule has 2 aliphatic heterocycles. The lowest BCUT2D eigenvalue weighted by Crippen LogP contribution is -2.49. The van der Waals surface area contributed by atoms with E-state index in [9.17, 15) is 4.79 Å². The Balaban J connectivity index is 1.27. The summed E-state index contributed by atoms with van der Waals surface area (Å²) in [5.74, 6) is 0. The second-order valence-corrected chi connectivity index (χ2v) is 8.62. The second-order valence-electron chi connectivity index (χ2n) is 8.22. The van der Waals surface area contributed by atoms with Gasteiger partial charge in [-0.1, -0.05) is 23.7 Å². The van der Waals surface area contributed by atoms with Crippen molar-refractivity contribution in [2.75, 3.05) is 49.5 Å². The van der Waals surface area contributed by atoms with Crippen LogP contribution in [0, 0.1) is 11.3 Å². The van der Waals surface area contributed by atoms with E-state index in [1.54, 1.807) is 0 Å². The van der Waals surface area contributed by atoms with E-state index in [4.69, 9.17) is 16.9 Å². The molecule has 31 heavy (non-hydrogen) atoms. The quantitative estimate of drug-likeness (QED) is 0.762. The number of hydrogen-bond donors (Lipinski definition) is 1. The van der Waals surface area contributed by atoms with Crippen molar-refractivity contribution in [1.82, 2.24) is 9.80 Å². The molecule has 2 fully saturated rings. The average Bonchev–Trinajstić information content (AvgIpc) is 2.81. The van der Waals surface area contributed by atoms with Crippen LogP contribution in [0.2, 0.25) is 5.02 Å². The summed E-state index contributed by atoms with van der Waals surface area (Å²) in [4.78, 5) is 19.2. The molecule has 0 spiro atoms. The highest BCUT2D eigenvalue weighted by molar-refractivity contribution is 6.33. The van der Waals surface area contributed by atoms with Gasteiger partial charge in [0.2, 0.25) is 0 Å². The van der Waals surface area contributed by atoms with E-state index in [1.807, 2.05) is 47.4 Å². The Kier molecular flexibility index (Phi) is 6.96. The number of halogens is 1. The number of nitriles is 1. The van der Waals surface area contributed by atoms with Gasteiger partial charge in [-0.25, -0.2) is 4.79 Å². The summed E-state index contributed by atoms with van der Waals surface area (Å²) in [6.45, 7) is 5.92. The highest BCUT2D eigenvalue weighted by atomic mass is 35.5. The molecule has 0 aromatic heterocycles. The normalized spacial score (nSPS) is 17.3. The summed E-state index contributed by atoms with van der Waals surface area (Å²) < 4.78 is 0. The molecule has 0 bridgehead atoms. The highest BCUT2D eigenvalue weighted by Crippen LogP contribution is 2.31. The molecule has 4 rings (SSSR count). The molecular formula is C24H28ClN5O. The van der Waals surface area contributed by atoms with Gasteiger partial charge in [0.05, 0.1) is 22.3 Å². The van der Waals surface area contributed by atoms with Crippen LogP contribution in [0.4, 0.5) is 16.2 Å². The summed E-state index contributed by atoms with van der Waals surface area (Å²) in [5.41, 5.74) is 3.64. The Morgan fingerprint density at radius 2 is 1.68 bits per heavy atom. The Morgan fingerprint density at radius 1 is 0.968 bits per heavy atom. The zero-order valence-corrected chi connectivity index (χ0v) is 18.4. The number of amides is 2. The largest absolute Gasteiger partial charge is 0.370 e. The van der Waals surface area contributed by atoms with Gasteiger partial charge in [-0.2, -0.15) is 5.26 Å². The third-order valence-electron chi connectivity index (χ3n) is 6.04. The van der Waals surface area contributed by atoms with Crippen molar-refractivity contribution in [3.05, 3.63) is 58.6 Å². The van der Waals surface area contributed by atoms with E-state index in [1.165, 1.54) is 24.8 Å². The molecule has 0 saturated carbocycles. The van der Waals surface area contributed by atoms with Crippen LogP contribution in [0.15, 0.2) is 42.5 Å². The zero-order chi connectivity index (χ0) is 21.6. The maximum Gasteiger partial charge on any atom is 0.321 e. The summed E-state index contributed by atoms with van der Waals surface area (Å²) in [5, 5.41) is 12.6. The molecule has 2 amide bonds. The molecule has 0 radical (unpaired) electrons. The maximum absolute atomic E-state index is 12.7. The summed E-state index contributed by atoms with van der Waals surface area (Å²) >= 11 is 6.52. The van der Waals surface area contributed by atoms with Crippen LogP contribution in [-0.2, 0) is 6.54 Å². The SMILES string of the molecule is N#Cc1ccc(CN2CCN(C(=O)Nc3ccc(N4CCCCC4)c(Cl)c3)CC2)cc1. The number of carbonyl (C=O) groups is 1. The Morgan fingerprint density at radius 3 is 2.32 bits per heavy atom. The molecule has 2 aromatic carbocycles. The van der Waals surface area contributed by atoms with Gasteiger partial charge in [-0.05, 0) is 55.2 Å². The van der Waals surface area contributed by atoms with Crippen molar-refractivity contribution < 1.29 is 4.79 Å². The van der Waals surface area contributed by atoms with Crippen molar-refractivity contribution in [2.45, 2.75) is 25.8 Å². The molecular weight excluding hydrogens is 410 g/mol. The summed E-state index contributed by atoms with van der Waals surface area (Å²) in [7, 11) is 0. The lowest BCUT2D eigenvalue weighted by molar-refractivity contribution is 0.143. The summed E-state index contributed by atoms with van der Waals surface area (Å²) in [6, 6.07) is 15.5. The van der Waals surface area contributed by atoms with Crippen molar-refractivity contribution in [3.63, 3.8) is 0 Å². The first kappa shape index (κ1) is 21.5. The van der Waals surface area contributed by atoms with Crippen LogP contribution in [0.3, 0.4) is 0 Å². The fourth-order valence-electron chi connectivity index (χ4n) is 4.23. The molecule has 7 heteroatoms. The minimum Gasteiger partial charge on any atom is -0.370 e. The zero-order valence-electron chi connectivity index (χ0n) is 17.7. The molecule has 0 aliphatic carbocycles. The van der Waals surface area contributed by atoms with Crippen molar-refractivity contribution >= 4 is 29.0 Å². The number of rotatable bonds is 4. The number of nitrogens with one attached hydrogen (secondary N) is 1. The molecule has 6 nitrogen and oxygen atoms in total. The van der Waals surface area contributed by atoms with Gasteiger partial charge >= 0.3 is 6.03 Å². The molecule has 2 aliphatic rings. The number of urea groups is 1. The van der Waals surface area contributed by atoms with Gasteiger partial charge in [0, 0.05) is 51.5 Å². The number of hydrogen-bond acceptors (Lipinski definition) is 4. The first-order valence-electron chi connectivity index (χ1n) is 10.9. The first-order chi connectivity index (χ1) is 15.1. The number of benzene rings is 2. The van der Waals surface area contributed by atoms with Crippen molar-refractivity contribution in [1.29, 1.82) is 5.26 Å². The Hall–Kier alpha value is -2.75. The predicted octanol–water partition coefficient (Wildman–Crippen LogP) is 4.55. The lowest BCUT2D eigenvalue weighted by atomic mass is 10.1. The van der Waals surface area contributed by atoms with Gasteiger partial charge in [0.1, 0.15) is 0 Å². The van der Waals surface area contributed by atoms with Gasteiger partial charge in [-0.3, -0.25) is 4.90 Å². The number of piperidine rings is 1. The molecule has 2 saturated heterocycles. The van der Waals surface area contributed by atoms with E-state index >= 15 is 0 Å². The highest BCUT2D eigenvalue weighted by Gasteiger charge is 2.22. The fourth-order valence-corrected chi connectivity index (χ4v) is 4.53. The Labute approximate surface area is 189 Å².